The summed E-state index contributed by atoms with van der Waals surface area (Å²) in [5, 5.41) is 4.25. The summed E-state index contributed by atoms with van der Waals surface area (Å²) in [6.07, 6.45) is 0. The lowest BCUT2D eigenvalue weighted by Gasteiger charge is -2.23. The Morgan fingerprint density at radius 3 is 2.43 bits per heavy atom. The molecule has 1 heterocycles. The number of thiocarbonyl (C=S) groups is 1. The molecule has 1 aliphatic rings. The van der Waals surface area contributed by atoms with E-state index in [-0.39, 0.29) is 0 Å². The average molecular weight is 250 g/mol. The van der Waals surface area contributed by atoms with Gasteiger partial charge in [0.1, 0.15) is 0 Å². The van der Waals surface area contributed by atoms with Crippen LogP contribution in [-0.2, 0) is 0 Å². The lowest BCUT2D eigenvalue weighted by Crippen LogP contribution is -2.42. The topological polar surface area (TPSA) is 15.3 Å². The molecule has 0 aliphatic carbocycles. The first kappa shape index (κ1) is 12.5. The Balaban J connectivity index is 2.27. The highest BCUT2D eigenvalue weighted by Crippen LogP contribution is 2.23. The second-order valence-corrected chi connectivity index (χ2v) is 6.80. The summed E-state index contributed by atoms with van der Waals surface area (Å²) >= 11 is 5.35. The molecule has 1 N–H and O–H groups in total. The van der Waals surface area contributed by atoms with Gasteiger partial charge in [0, 0.05) is 31.1 Å². The van der Waals surface area contributed by atoms with Crippen LogP contribution in [0.1, 0.15) is 13.8 Å². The van der Waals surface area contributed by atoms with E-state index >= 15 is 0 Å². The Morgan fingerprint density at radius 1 is 1.36 bits per heavy atom. The normalized spacial score (nSPS) is 18.1. The quantitative estimate of drug-likeness (QED) is 0.595. The molecule has 1 saturated heterocycles. The summed E-state index contributed by atoms with van der Waals surface area (Å²) < 4.78 is 0. The molecule has 0 spiro atoms. The zero-order chi connectivity index (χ0) is 10.4. The van der Waals surface area contributed by atoms with Crippen LogP contribution in [0.15, 0.2) is 0 Å². The number of rotatable bonds is 2. The highest BCUT2D eigenvalue weighted by molar-refractivity contribution is 8.76. The van der Waals surface area contributed by atoms with E-state index in [0.29, 0.717) is 5.92 Å². The fourth-order valence-electron chi connectivity index (χ4n) is 1.13. The molecule has 0 amide bonds. The van der Waals surface area contributed by atoms with Crippen LogP contribution < -0.4 is 5.32 Å². The molecular weight excluding hydrogens is 232 g/mol. The zero-order valence-corrected chi connectivity index (χ0v) is 11.2. The molecule has 0 aromatic heterocycles. The van der Waals surface area contributed by atoms with Crippen LogP contribution in [0.5, 0.6) is 0 Å². The number of nitrogens with one attached hydrogen (secondary N) is 1. The lowest BCUT2D eigenvalue weighted by atomic mass is 10.2. The highest BCUT2D eigenvalue weighted by Gasteiger charge is 2.12. The minimum atomic E-state index is 0.656. The maximum absolute atomic E-state index is 5.35. The summed E-state index contributed by atoms with van der Waals surface area (Å²) in [4.78, 5) is 2.28. The van der Waals surface area contributed by atoms with Gasteiger partial charge in [0.05, 0.1) is 0 Å². The fraction of sp³-hybridized carbons (Fsp3) is 0.889. The Kier molecular flexibility index (Phi) is 6.05. The van der Waals surface area contributed by atoms with E-state index in [1.807, 2.05) is 21.6 Å². The number of hydrogen-bond acceptors (Lipinski definition) is 3. The average Bonchev–Trinajstić information content (AvgIpc) is 2.42. The monoisotopic (exact) mass is 250 g/mol. The molecule has 82 valence electrons. The Bertz CT molecular complexity index is 177. The molecule has 0 saturated carbocycles. The molecule has 2 nitrogen and oxygen atoms in total. The third kappa shape index (κ3) is 4.75. The van der Waals surface area contributed by atoms with Gasteiger partial charge in [-0.05, 0) is 18.1 Å². The Hall–Kier alpha value is 0.390. The van der Waals surface area contributed by atoms with Crippen molar-refractivity contribution in [3.63, 3.8) is 0 Å². The maximum atomic E-state index is 5.35. The molecule has 0 unspecified atom stereocenters. The molecule has 1 fully saturated rings. The fourth-order valence-corrected chi connectivity index (χ4v) is 3.38. The predicted octanol–water partition coefficient (Wildman–Crippen LogP) is 2.21. The van der Waals surface area contributed by atoms with Crippen LogP contribution >= 0.6 is 33.8 Å². The molecule has 0 aromatic rings. The van der Waals surface area contributed by atoms with E-state index in [0.717, 1.165) is 24.7 Å². The predicted molar refractivity (Wildman–Crippen MR) is 71.9 cm³/mol. The van der Waals surface area contributed by atoms with Crippen LogP contribution in [0.4, 0.5) is 0 Å². The van der Waals surface area contributed by atoms with E-state index in [1.54, 1.807) is 0 Å². The van der Waals surface area contributed by atoms with Crippen LogP contribution in [0.2, 0.25) is 0 Å². The van der Waals surface area contributed by atoms with Crippen molar-refractivity contribution in [2.45, 2.75) is 13.8 Å². The summed E-state index contributed by atoms with van der Waals surface area (Å²) in [5.41, 5.74) is 0. The van der Waals surface area contributed by atoms with Gasteiger partial charge in [0.25, 0.3) is 0 Å². The SMILES string of the molecule is CC(C)CNC(=S)N1CCSSCC1. The third-order valence-corrected chi connectivity index (χ3v) is 4.69. The molecule has 5 heteroatoms. The van der Waals surface area contributed by atoms with Gasteiger partial charge < -0.3 is 10.2 Å². The van der Waals surface area contributed by atoms with Gasteiger partial charge in [0.15, 0.2) is 5.11 Å². The van der Waals surface area contributed by atoms with E-state index in [1.165, 1.54) is 11.5 Å². The minimum absolute atomic E-state index is 0.656. The van der Waals surface area contributed by atoms with E-state index in [2.05, 4.69) is 24.1 Å². The van der Waals surface area contributed by atoms with Crippen molar-refractivity contribution in [2.24, 2.45) is 5.92 Å². The van der Waals surface area contributed by atoms with Gasteiger partial charge in [-0.15, -0.1) is 0 Å². The number of hydrogen-bond donors (Lipinski definition) is 1. The van der Waals surface area contributed by atoms with Crippen LogP contribution in [0, 0.1) is 5.92 Å². The second-order valence-electron chi connectivity index (χ2n) is 3.71. The third-order valence-electron chi connectivity index (χ3n) is 1.92. The van der Waals surface area contributed by atoms with Crippen LogP contribution in [0.25, 0.3) is 0 Å². The summed E-state index contributed by atoms with van der Waals surface area (Å²) in [6.45, 7) is 7.55. The molecule has 0 aromatic carbocycles. The van der Waals surface area contributed by atoms with Gasteiger partial charge in [-0.25, -0.2) is 0 Å². The van der Waals surface area contributed by atoms with E-state index in [9.17, 15) is 0 Å². The summed E-state index contributed by atoms with van der Waals surface area (Å²) in [6, 6.07) is 0. The zero-order valence-electron chi connectivity index (χ0n) is 8.78. The van der Waals surface area contributed by atoms with Crippen LogP contribution in [0.3, 0.4) is 0 Å². The van der Waals surface area contributed by atoms with Crippen molar-refractivity contribution in [1.29, 1.82) is 0 Å². The lowest BCUT2D eigenvalue weighted by molar-refractivity contribution is 0.458. The van der Waals surface area contributed by atoms with Crippen molar-refractivity contribution in [3.8, 4) is 0 Å². The Morgan fingerprint density at radius 2 is 1.93 bits per heavy atom. The van der Waals surface area contributed by atoms with Crippen molar-refractivity contribution >= 4 is 38.9 Å². The van der Waals surface area contributed by atoms with E-state index in [4.69, 9.17) is 12.2 Å². The largest absolute Gasteiger partial charge is 0.362 e. The standard InChI is InChI=1S/C9H18N2S3/c1-8(2)7-10-9(12)11-3-5-13-14-6-4-11/h8H,3-7H2,1-2H3,(H,10,12). The van der Waals surface area contributed by atoms with Gasteiger partial charge in [-0.3, -0.25) is 0 Å². The molecule has 14 heavy (non-hydrogen) atoms. The first-order valence-corrected chi connectivity index (χ1v) is 7.87. The smallest absolute Gasteiger partial charge is 0.168 e. The molecule has 0 radical (unpaired) electrons. The molecule has 1 aliphatic heterocycles. The molecular formula is C9H18N2S3. The van der Waals surface area contributed by atoms with Gasteiger partial charge in [-0.2, -0.15) is 0 Å². The van der Waals surface area contributed by atoms with Gasteiger partial charge >= 0.3 is 0 Å². The molecule has 1 rings (SSSR count). The van der Waals surface area contributed by atoms with Crippen molar-refractivity contribution < 1.29 is 0 Å². The maximum Gasteiger partial charge on any atom is 0.168 e. The summed E-state index contributed by atoms with van der Waals surface area (Å²) in [5.74, 6) is 3.01. The highest BCUT2D eigenvalue weighted by atomic mass is 33.1. The molecule has 0 bridgehead atoms. The first-order valence-electron chi connectivity index (χ1n) is 4.97. The summed E-state index contributed by atoms with van der Waals surface area (Å²) in [7, 11) is 3.90. The first-order chi connectivity index (χ1) is 6.70. The number of nitrogens with zero attached hydrogens (tertiary/aromatic N) is 1. The van der Waals surface area contributed by atoms with E-state index < -0.39 is 0 Å². The van der Waals surface area contributed by atoms with Gasteiger partial charge in [0.2, 0.25) is 0 Å². The van der Waals surface area contributed by atoms with Crippen molar-refractivity contribution in [2.75, 3.05) is 31.1 Å². The second kappa shape index (κ2) is 6.80. The van der Waals surface area contributed by atoms with Crippen molar-refractivity contribution in [3.05, 3.63) is 0 Å². The van der Waals surface area contributed by atoms with Crippen LogP contribution in [-0.4, -0.2) is 41.2 Å². The Labute approximate surface area is 100.0 Å². The molecule has 0 atom stereocenters. The van der Waals surface area contributed by atoms with Crippen molar-refractivity contribution in [1.82, 2.24) is 10.2 Å². The van der Waals surface area contributed by atoms with Gasteiger partial charge in [-0.1, -0.05) is 35.4 Å². The minimum Gasteiger partial charge on any atom is -0.362 e.